The molecular weight excluding hydrogens is 470 g/mol. The zero-order valence-corrected chi connectivity index (χ0v) is 21.6. The van der Waals surface area contributed by atoms with E-state index in [0.29, 0.717) is 5.56 Å². The van der Waals surface area contributed by atoms with Crippen molar-refractivity contribution in [3.63, 3.8) is 0 Å². The first kappa shape index (κ1) is 27.5. The highest BCUT2D eigenvalue weighted by Crippen LogP contribution is 2.27. The van der Waals surface area contributed by atoms with E-state index in [1.165, 1.54) is 0 Å². The van der Waals surface area contributed by atoms with Crippen LogP contribution in [-0.2, 0) is 37.0 Å². The lowest BCUT2D eigenvalue weighted by molar-refractivity contribution is -0.165. The molecule has 0 aliphatic heterocycles. The molecule has 1 atom stereocenters. The van der Waals surface area contributed by atoms with Crippen molar-refractivity contribution in [2.75, 3.05) is 0 Å². The molecule has 3 aromatic rings. The predicted octanol–water partition coefficient (Wildman–Crippen LogP) is 5.66. The van der Waals surface area contributed by atoms with Gasteiger partial charge in [-0.15, -0.1) is 0 Å². The van der Waals surface area contributed by atoms with Crippen molar-refractivity contribution >= 4 is 18.0 Å². The van der Waals surface area contributed by atoms with Gasteiger partial charge in [-0.3, -0.25) is 9.59 Å². The molecule has 0 bridgehead atoms. The third kappa shape index (κ3) is 8.79. The highest BCUT2D eigenvalue weighted by atomic mass is 16.6. The van der Waals surface area contributed by atoms with Crippen LogP contribution in [0.4, 0.5) is 4.79 Å². The molecule has 0 aliphatic carbocycles. The van der Waals surface area contributed by atoms with Gasteiger partial charge in [-0.25, -0.2) is 4.79 Å². The highest BCUT2D eigenvalue weighted by molar-refractivity contribution is 5.96. The summed E-state index contributed by atoms with van der Waals surface area (Å²) in [6, 6.07) is 24.4. The quantitative estimate of drug-likeness (QED) is 0.230. The van der Waals surface area contributed by atoms with Crippen LogP contribution in [0.3, 0.4) is 0 Å². The number of hydrogen-bond acceptors (Lipinski definition) is 6. The minimum atomic E-state index is -1.47. The number of nitrogens with one attached hydrogen (secondary N) is 1. The maximum Gasteiger partial charge on any atom is 0.408 e. The van der Waals surface area contributed by atoms with Crippen LogP contribution in [-0.4, -0.2) is 23.6 Å². The molecule has 0 radical (unpaired) electrons. The average molecular weight is 504 g/mol. The average Bonchev–Trinajstić information content (AvgIpc) is 2.86. The molecule has 0 aliphatic rings. The second-order valence-corrected chi connectivity index (χ2v) is 9.70. The van der Waals surface area contributed by atoms with E-state index in [1.54, 1.807) is 39.0 Å². The Morgan fingerprint density at radius 3 is 1.73 bits per heavy atom. The monoisotopic (exact) mass is 503 g/mol. The van der Waals surface area contributed by atoms with Gasteiger partial charge < -0.3 is 19.5 Å². The molecule has 3 rings (SSSR count). The molecule has 0 saturated carbocycles. The van der Waals surface area contributed by atoms with Crippen molar-refractivity contribution in [1.82, 2.24) is 5.32 Å². The molecule has 0 fully saturated rings. The third-order valence-electron chi connectivity index (χ3n) is 5.36. The van der Waals surface area contributed by atoms with E-state index in [9.17, 15) is 14.4 Å². The molecule has 37 heavy (non-hydrogen) atoms. The maximum atomic E-state index is 13.4. The van der Waals surface area contributed by atoms with E-state index in [-0.39, 0.29) is 13.2 Å². The van der Waals surface area contributed by atoms with E-state index in [4.69, 9.17) is 14.2 Å². The Morgan fingerprint density at radius 1 is 0.757 bits per heavy atom. The third-order valence-corrected chi connectivity index (χ3v) is 5.36. The van der Waals surface area contributed by atoms with Crippen LogP contribution in [0.5, 0.6) is 0 Å². The number of ether oxygens (including phenoxy) is 3. The summed E-state index contributed by atoms with van der Waals surface area (Å²) >= 11 is 0. The number of rotatable bonds is 9. The Balaban J connectivity index is 1.92. The van der Waals surface area contributed by atoms with Crippen LogP contribution in [0, 0.1) is 12.8 Å². The standard InChI is InChI=1S/C30H33NO6/c1-21-12-11-17-24(18-21)26(31-29(34)37-30(2,3)4)25(27(32)35-19-22-13-7-5-8-14-22)28(33)36-20-23-15-9-6-10-16-23/h5-18,25-26H,19-20H2,1-4H3,(H,31,34)/t26-/m1/s1. The van der Waals surface area contributed by atoms with Gasteiger partial charge >= 0.3 is 18.0 Å². The molecule has 0 spiro atoms. The van der Waals surface area contributed by atoms with Crippen molar-refractivity contribution < 1.29 is 28.6 Å². The Kier molecular flexibility index (Phi) is 9.44. The molecule has 1 amide bonds. The first-order valence-electron chi connectivity index (χ1n) is 12.1. The summed E-state index contributed by atoms with van der Waals surface area (Å²) in [5, 5.41) is 2.71. The maximum absolute atomic E-state index is 13.4. The zero-order chi connectivity index (χ0) is 26.8. The summed E-state index contributed by atoms with van der Waals surface area (Å²) in [5.74, 6) is -3.10. The molecular formula is C30H33NO6. The van der Waals surface area contributed by atoms with Gasteiger partial charge in [0.1, 0.15) is 18.8 Å². The van der Waals surface area contributed by atoms with Crippen molar-refractivity contribution in [3.8, 4) is 0 Å². The van der Waals surface area contributed by atoms with Crippen molar-refractivity contribution in [1.29, 1.82) is 0 Å². The minimum Gasteiger partial charge on any atom is -0.460 e. The minimum absolute atomic E-state index is 0.0326. The molecule has 194 valence electrons. The molecule has 0 unspecified atom stereocenters. The summed E-state index contributed by atoms with van der Waals surface area (Å²) < 4.78 is 16.5. The number of carbonyl (C=O) groups is 3. The lowest BCUT2D eigenvalue weighted by atomic mass is 9.92. The summed E-state index contributed by atoms with van der Waals surface area (Å²) in [4.78, 5) is 39.6. The van der Waals surface area contributed by atoms with Gasteiger partial charge in [-0.1, -0.05) is 90.5 Å². The molecule has 7 heteroatoms. The molecule has 0 saturated heterocycles. The van der Waals surface area contributed by atoms with E-state index < -0.39 is 35.6 Å². The molecule has 1 N–H and O–H groups in total. The summed E-state index contributed by atoms with van der Waals surface area (Å²) in [6.45, 7) is 7.00. The van der Waals surface area contributed by atoms with Crippen LogP contribution >= 0.6 is 0 Å². The van der Waals surface area contributed by atoms with Gasteiger partial charge in [0.15, 0.2) is 5.92 Å². The molecule has 0 aromatic heterocycles. The fourth-order valence-corrected chi connectivity index (χ4v) is 3.66. The SMILES string of the molecule is Cc1cccc([C@@H](NC(=O)OC(C)(C)C)C(C(=O)OCc2ccccc2)C(=O)OCc2ccccc2)c1. The molecule has 3 aromatic carbocycles. The van der Waals surface area contributed by atoms with Gasteiger partial charge in [0.05, 0.1) is 6.04 Å². The van der Waals surface area contributed by atoms with Gasteiger partial charge in [0.25, 0.3) is 0 Å². The van der Waals surface area contributed by atoms with Gasteiger partial charge in [0, 0.05) is 0 Å². The molecule has 0 heterocycles. The van der Waals surface area contributed by atoms with E-state index in [2.05, 4.69) is 5.32 Å². The van der Waals surface area contributed by atoms with E-state index in [0.717, 1.165) is 16.7 Å². The summed E-state index contributed by atoms with van der Waals surface area (Å²) in [6.07, 6.45) is -0.768. The van der Waals surface area contributed by atoms with Crippen LogP contribution in [0.15, 0.2) is 84.9 Å². The smallest absolute Gasteiger partial charge is 0.408 e. The van der Waals surface area contributed by atoms with Crippen molar-refractivity contribution in [2.45, 2.75) is 52.6 Å². The number of alkyl carbamates (subject to hydrolysis) is 1. The zero-order valence-electron chi connectivity index (χ0n) is 21.6. The highest BCUT2D eigenvalue weighted by Gasteiger charge is 2.40. The van der Waals surface area contributed by atoms with E-state index in [1.807, 2.05) is 73.7 Å². The number of hydrogen-bond donors (Lipinski definition) is 1. The largest absolute Gasteiger partial charge is 0.460 e. The molecule has 7 nitrogen and oxygen atoms in total. The van der Waals surface area contributed by atoms with Gasteiger partial charge in [-0.2, -0.15) is 0 Å². The Hall–Kier alpha value is -4.13. The lowest BCUT2D eigenvalue weighted by Crippen LogP contribution is -2.43. The Morgan fingerprint density at radius 2 is 1.27 bits per heavy atom. The number of carbonyl (C=O) groups excluding carboxylic acids is 3. The van der Waals surface area contributed by atoms with Crippen LogP contribution in [0.1, 0.15) is 49.1 Å². The van der Waals surface area contributed by atoms with Gasteiger partial charge in [0.2, 0.25) is 0 Å². The first-order valence-corrected chi connectivity index (χ1v) is 12.1. The second-order valence-electron chi connectivity index (χ2n) is 9.70. The number of benzene rings is 3. The van der Waals surface area contributed by atoms with Gasteiger partial charge in [-0.05, 0) is 44.4 Å². The number of aryl methyl sites for hydroxylation is 1. The predicted molar refractivity (Wildman–Crippen MR) is 139 cm³/mol. The summed E-state index contributed by atoms with van der Waals surface area (Å²) in [7, 11) is 0. The fourth-order valence-electron chi connectivity index (χ4n) is 3.66. The number of esters is 2. The fraction of sp³-hybridized carbons (Fsp3) is 0.300. The van der Waals surface area contributed by atoms with Crippen LogP contribution in [0.2, 0.25) is 0 Å². The Bertz CT molecular complexity index is 1130. The van der Waals surface area contributed by atoms with Crippen LogP contribution < -0.4 is 5.32 Å². The second kappa shape index (κ2) is 12.7. The van der Waals surface area contributed by atoms with Crippen molar-refractivity contribution in [3.05, 3.63) is 107 Å². The summed E-state index contributed by atoms with van der Waals surface area (Å²) in [5.41, 5.74) is 2.18. The Labute approximate surface area is 217 Å². The normalized spacial score (nSPS) is 11.9. The topological polar surface area (TPSA) is 90.9 Å². The van der Waals surface area contributed by atoms with Crippen LogP contribution in [0.25, 0.3) is 0 Å². The first-order chi connectivity index (χ1) is 17.6. The van der Waals surface area contributed by atoms with Crippen molar-refractivity contribution in [2.24, 2.45) is 5.92 Å². The van der Waals surface area contributed by atoms with E-state index >= 15 is 0 Å². The lowest BCUT2D eigenvalue weighted by Gasteiger charge is -2.28. The number of amides is 1.